The number of para-hydroxylation sites is 1. The molecule has 1 saturated carbocycles. The van der Waals surface area contributed by atoms with E-state index in [1.807, 2.05) is 12.1 Å². The molecule has 4 rings (SSSR count). The lowest BCUT2D eigenvalue weighted by Gasteiger charge is -2.35. The Kier molecular flexibility index (Phi) is 2.88. The van der Waals surface area contributed by atoms with Gasteiger partial charge in [0, 0.05) is 17.0 Å². The number of aromatic nitrogens is 1. The zero-order valence-corrected chi connectivity index (χ0v) is 11.7. The van der Waals surface area contributed by atoms with E-state index in [0.29, 0.717) is 11.8 Å². The Morgan fingerprint density at radius 3 is 2.43 bits per heavy atom. The van der Waals surface area contributed by atoms with Crippen LogP contribution in [0.4, 0.5) is 0 Å². The van der Waals surface area contributed by atoms with Gasteiger partial charge in [0.1, 0.15) is 11.3 Å². The Labute approximate surface area is 124 Å². The Hall–Kier alpha value is -2.35. The Morgan fingerprint density at radius 2 is 1.62 bits per heavy atom. The van der Waals surface area contributed by atoms with Crippen LogP contribution in [-0.4, -0.2) is 10.1 Å². The molecule has 1 fully saturated rings. The molecule has 0 saturated heterocycles. The fraction of sp³-hybridized carbons (Fsp3) is 0.211. The highest BCUT2D eigenvalue weighted by molar-refractivity contribution is 5.84. The number of nitrogens with zero attached hydrogens (tertiary/aromatic N) is 1. The molecule has 0 aliphatic heterocycles. The van der Waals surface area contributed by atoms with E-state index in [9.17, 15) is 5.11 Å². The van der Waals surface area contributed by atoms with Crippen molar-refractivity contribution in [2.24, 2.45) is 0 Å². The second kappa shape index (κ2) is 4.88. The summed E-state index contributed by atoms with van der Waals surface area (Å²) in [7, 11) is 0. The molecule has 0 spiro atoms. The third-order valence-electron chi connectivity index (χ3n) is 4.55. The molecule has 2 nitrogen and oxygen atoms in total. The number of phenols is 1. The predicted octanol–water partition coefficient (Wildman–Crippen LogP) is 4.60. The van der Waals surface area contributed by atoms with E-state index in [2.05, 4.69) is 47.4 Å². The van der Waals surface area contributed by atoms with Crippen LogP contribution < -0.4 is 0 Å². The minimum absolute atomic E-state index is 0.272. The zero-order valence-electron chi connectivity index (χ0n) is 11.7. The summed E-state index contributed by atoms with van der Waals surface area (Å²) < 4.78 is 0. The largest absolute Gasteiger partial charge is 0.506 e. The van der Waals surface area contributed by atoms with Crippen molar-refractivity contribution in [3.05, 3.63) is 71.9 Å². The number of hydrogen-bond donors (Lipinski definition) is 1. The van der Waals surface area contributed by atoms with Crippen LogP contribution in [0.5, 0.6) is 5.75 Å². The van der Waals surface area contributed by atoms with E-state index in [1.54, 1.807) is 6.07 Å². The minimum atomic E-state index is 0.272. The van der Waals surface area contributed by atoms with E-state index in [4.69, 9.17) is 0 Å². The molecule has 0 radical (unpaired) electrons. The van der Waals surface area contributed by atoms with Gasteiger partial charge in [-0.3, -0.25) is 0 Å². The molecule has 0 bridgehead atoms. The average molecular weight is 275 g/mol. The van der Waals surface area contributed by atoms with Crippen molar-refractivity contribution < 1.29 is 5.11 Å². The molecule has 0 atom stereocenters. The first kappa shape index (κ1) is 12.4. The van der Waals surface area contributed by atoms with Crippen molar-refractivity contribution >= 4 is 10.9 Å². The number of aromatic hydroxyl groups is 1. The minimum Gasteiger partial charge on any atom is -0.506 e. The molecule has 21 heavy (non-hydrogen) atoms. The van der Waals surface area contributed by atoms with Gasteiger partial charge in [-0.25, -0.2) is 4.98 Å². The fourth-order valence-corrected chi connectivity index (χ4v) is 3.23. The van der Waals surface area contributed by atoms with E-state index >= 15 is 0 Å². The molecule has 2 aromatic carbocycles. The Bertz CT molecular complexity index is 776. The topological polar surface area (TPSA) is 33.1 Å². The van der Waals surface area contributed by atoms with Crippen LogP contribution in [0, 0.1) is 0 Å². The quantitative estimate of drug-likeness (QED) is 0.741. The summed E-state index contributed by atoms with van der Waals surface area (Å²) in [5.41, 5.74) is 3.26. The van der Waals surface area contributed by atoms with Crippen LogP contribution in [0.3, 0.4) is 0 Å². The maximum absolute atomic E-state index is 9.94. The summed E-state index contributed by atoms with van der Waals surface area (Å²) in [4.78, 5) is 4.67. The third-order valence-corrected chi connectivity index (χ3v) is 4.55. The van der Waals surface area contributed by atoms with Crippen LogP contribution in [0.1, 0.15) is 35.9 Å². The average Bonchev–Trinajstić information content (AvgIpc) is 2.48. The number of benzene rings is 2. The molecule has 1 N–H and O–H groups in total. The molecule has 0 unspecified atom stereocenters. The van der Waals surface area contributed by atoms with Crippen molar-refractivity contribution in [3.63, 3.8) is 0 Å². The second-order valence-corrected chi connectivity index (χ2v) is 5.86. The van der Waals surface area contributed by atoms with Crippen molar-refractivity contribution in [1.29, 1.82) is 0 Å². The summed E-state index contributed by atoms with van der Waals surface area (Å²) in [6, 6.07) is 20.4. The number of rotatable bonds is 2. The highest BCUT2D eigenvalue weighted by atomic mass is 16.3. The van der Waals surface area contributed by atoms with Crippen LogP contribution in [-0.2, 0) is 0 Å². The van der Waals surface area contributed by atoms with Gasteiger partial charge in [-0.2, -0.15) is 0 Å². The van der Waals surface area contributed by atoms with Gasteiger partial charge in [-0.15, -0.1) is 0 Å². The van der Waals surface area contributed by atoms with Crippen molar-refractivity contribution in [2.45, 2.75) is 24.7 Å². The lowest BCUT2D eigenvalue weighted by Crippen LogP contribution is -2.20. The smallest absolute Gasteiger partial charge is 0.141 e. The molecule has 2 heteroatoms. The van der Waals surface area contributed by atoms with E-state index in [-0.39, 0.29) is 5.75 Å². The summed E-state index contributed by atoms with van der Waals surface area (Å²) in [5, 5.41) is 10.9. The van der Waals surface area contributed by atoms with Gasteiger partial charge in [0.15, 0.2) is 0 Å². The monoisotopic (exact) mass is 275 g/mol. The molecular weight excluding hydrogens is 258 g/mol. The highest BCUT2D eigenvalue weighted by Gasteiger charge is 2.32. The number of pyridine rings is 1. The first-order chi connectivity index (χ1) is 10.3. The van der Waals surface area contributed by atoms with Gasteiger partial charge < -0.3 is 5.11 Å². The van der Waals surface area contributed by atoms with Gasteiger partial charge in [-0.1, -0.05) is 48.5 Å². The van der Waals surface area contributed by atoms with Crippen molar-refractivity contribution in [1.82, 2.24) is 4.98 Å². The molecule has 1 aromatic heterocycles. The maximum atomic E-state index is 9.94. The summed E-state index contributed by atoms with van der Waals surface area (Å²) >= 11 is 0. The first-order valence-electron chi connectivity index (χ1n) is 7.45. The molecular formula is C19H17NO. The normalized spacial score (nSPS) is 21.1. The SMILES string of the molecule is Oc1cccc2ccc(C3CC(c4ccccc4)C3)nc12. The Balaban J connectivity index is 1.58. The molecule has 1 aliphatic carbocycles. The van der Waals surface area contributed by atoms with E-state index in [1.165, 1.54) is 5.56 Å². The van der Waals surface area contributed by atoms with E-state index < -0.39 is 0 Å². The summed E-state index contributed by atoms with van der Waals surface area (Å²) in [5.74, 6) is 1.44. The predicted molar refractivity (Wildman–Crippen MR) is 84.6 cm³/mol. The van der Waals surface area contributed by atoms with E-state index in [0.717, 1.165) is 29.4 Å². The molecule has 1 heterocycles. The first-order valence-corrected chi connectivity index (χ1v) is 7.45. The molecule has 104 valence electrons. The second-order valence-electron chi connectivity index (χ2n) is 5.86. The fourth-order valence-electron chi connectivity index (χ4n) is 3.23. The van der Waals surface area contributed by atoms with Crippen LogP contribution in [0.15, 0.2) is 60.7 Å². The lowest BCUT2D eigenvalue weighted by molar-refractivity contribution is 0.345. The molecule has 3 aromatic rings. The Morgan fingerprint density at radius 1 is 0.810 bits per heavy atom. The standard InChI is InChI=1S/C19H17NO/c21-18-8-4-7-14-9-10-17(20-19(14)18)16-11-15(12-16)13-5-2-1-3-6-13/h1-10,15-16,21H,11-12H2. The number of phenolic OH excluding ortho intramolecular Hbond substituents is 1. The van der Waals surface area contributed by atoms with Crippen LogP contribution in [0.2, 0.25) is 0 Å². The van der Waals surface area contributed by atoms with Gasteiger partial charge in [0.25, 0.3) is 0 Å². The maximum Gasteiger partial charge on any atom is 0.141 e. The van der Waals surface area contributed by atoms with Gasteiger partial charge in [-0.05, 0) is 36.5 Å². The van der Waals surface area contributed by atoms with Gasteiger partial charge in [0.2, 0.25) is 0 Å². The summed E-state index contributed by atoms with van der Waals surface area (Å²) in [6.07, 6.45) is 2.30. The van der Waals surface area contributed by atoms with Gasteiger partial charge in [0.05, 0.1) is 0 Å². The van der Waals surface area contributed by atoms with Crippen molar-refractivity contribution in [2.75, 3.05) is 0 Å². The highest BCUT2D eigenvalue weighted by Crippen LogP contribution is 2.47. The van der Waals surface area contributed by atoms with Crippen LogP contribution >= 0.6 is 0 Å². The van der Waals surface area contributed by atoms with Gasteiger partial charge >= 0.3 is 0 Å². The number of fused-ring (bicyclic) bond motifs is 1. The summed E-state index contributed by atoms with van der Waals surface area (Å²) in [6.45, 7) is 0. The van der Waals surface area contributed by atoms with Crippen molar-refractivity contribution in [3.8, 4) is 5.75 Å². The molecule has 1 aliphatic rings. The number of hydrogen-bond acceptors (Lipinski definition) is 2. The molecule has 0 amide bonds. The zero-order chi connectivity index (χ0) is 14.2. The lowest BCUT2D eigenvalue weighted by atomic mass is 9.70. The third kappa shape index (κ3) is 2.17. The van der Waals surface area contributed by atoms with Crippen LogP contribution in [0.25, 0.3) is 10.9 Å².